The Morgan fingerprint density at radius 1 is 1.13 bits per heavy atom. The van der Waals surface area contributed by atoms with Crippen molar-refractivity contribution in [3.05, 3.63) is 75.6 Å². The van der Waals surface area contributed by atoms with E-state index in [0.717, 1.165) is 0 Å². The number of non-ortho nitro benzene ring substituents is 1. The van der Waals surface area contributed by atoms with Gasteiger partial charge in [-0.15, -0.1) is 0 Å². The van der Waals surface area contributed by atoms with Gasteiger partial charge in [-0.3, -0.25) is 24.5 Å². The largest absolute Gasteiger partial charge is 0.466 e. The molecule has 0 aliphatic heterocycles. The lowest BCUT2D eigenvalue weighted by molar-refractivity contribution is -0.384. The first-order valence-corrected chi connectivity index (χ1v) is 9.44. The second kappa shape index (κ2) is 10.8. The highest BCUT2D eigenvalue weighted by Gasteiger charge is 2.32. The van der Waals surface area contributed by atoms with Crippen molar-refractivity contribution in [3.63, 3.8) is 0 Å². The maximum absolute atomic E-state index is 13.0. The second-order valence-corrected chi connectivity index (χ2v) is 6.72. The number of esters is 1. The number of hydrogen-bond acceptors (Lipinski definition) is 6. The smallest absolute Gasteiger partial charge is 0.306 e. The van der Waals surface area contributed by atoms with E-state index in [0.29, 0.717) is 11.1 Å². The van der Waals surface area contributed by atoms with Gasteiger partial charge in [-0.1, -0.05) is 24.3 Å². The highest BCUT2D eigenvalue weighted by Crippen LogP contribution is 2.26. The van der Waals surface area contributed by atoms with Crippen LogP contribution < -0.4 is 11.1 Å². The fourth-order valence-corrected chi connectivity index (χ4v) is 3.05. The zero-order chi connectivity index (χ0) is 23.0. The van der Waals surface area contributed by atoms with Gasteiger partial charge in [-0.05, 0) is 30.2 Å². The number of rotatable bonds is 10. The van der Waals surface area contributed by atoms with Crippen molar-refractivity contribution in [1.82, 2.24) is 5.32 Å². The fraction of sp³-hybridized carbons (Fsp3) is 0.286. The van der Waals surface area contributed by atoms with Gasteiger partial charge in [0.05, 0.1) is 24.4 Å². The number of halogens is 1. The van der Waals surface area contributed by atoms with E-state index in [4.69, 9.17) is 10.5 Å². The predicted molar refractivity (Wildman–Crippen MR) is 108 cm³/mol. The molecule has 0 heterocycles. The average molecular weight is 431 g/mol. The van der Waals surface area contributed by atoms with E-state index >= 15 is 0 Å². The van der Waals surface area contributed by atoms with E-state index in [-0.39, 0.29) is 25.1 Å². The van der Waals surface area contributed by atoms with Crippen molar-refractivity contribution in [2.75, 3.05) is 6.61 Å². The normalized spacial score (nSPS) is 12.5. The van der Waals surface area contributed by atoms with E-state index in [2.05, 4.69) is 5.32 Å². The van der Waals surface area contributed by atoms with Gasteiger partial charge in [0.15, 0.2) is 0 Å². The van der Waals surface area contributed by atoms with E-state index in [1.54, 1.807) is 6.92 Å². The van der Waals surface area contributed by atoms with Crippen LogP contribution in [0.1, 0.15) is 30.4 Å². The van der Waals surface area contributed by atoms with Crippen molar-refractivity contribution in [2.24, 2.45) is 5.73 Å². The van der Waals surface area contributed by atoms with Crippen LogP contribution in [0.25, 0.3) is 0 Å². The summed E-state index contributed by atoms with van der Waals surface area (Å²) in [5.41, 5.74) is 6.24. The standard InChI is InChI=1S/C21H22FN3O6/c1-2-31-19(27)12-17(14-5-9-16(10-6-14)25(29)30)20(21(23)28)24-18(26)11-13-3-7-15(22)8-4-13/h3-10,17,20H,2,11-12H2,1H3,(H2,23,28)(H,24,26)/t17-,20-/m1/s1. The second-order valence-electron chi connectivity index (χ2n) is 6.72. The Morgan fingerprint density at radius 3 is 2.26 bits per heavy atom. The minimum Gasteiger partial charge on any atom is -0.466 e. The molecule has 2 amide bonds. The van der Waals surface area contributed by atoms with Crippen molar-refractivity contribution in [2.45, 2.75) is 31.7 Å². The number of nitrogens with zero attached hydrogens (tertiary/aromatic N) is 1. The number of hydrogen-bond donors (Lipinski definition) is 2. The maximum Gasteiger partial charge on any atom is 0.306 e. The molecule has 10 heteroatoms. The van der Waals surface area contributed by atoms with Crippen LogP contribution >= 0.6 is 0 Å². The first-order chi connectivity index (χ1) is 14.7. The first-order valence-electron chi connectivity index (χ1n) is 9.44. The van der Waals surface area contributed by atoms with Crippen LogP contribution in [0.4, 0.5) is 10.1 Å². The number of nitrogens with one attached hydrogen (secondary N) is 1. The van der Waals surface area contributed by atoms with Crippen molar-refractivity contribution < 1.29 is 28.4 Å². The zero-order valence-electron chi connectivity index (χ0n) is 16.7. The molecule has 0 spiro atoms. The lowest BCUT2D eigenvalue weighted by Gasteiger charge is -2.25. The van der Waals surface area contributed by atoms with Crippen LogP contribution in [0.15, 0.2) is 48.5 Å². The van der Waals surface area contributed by atoms with E-state index in [1.165, 1.54) is 48.5 Å². The Bertz CT molecular complexity index is 947. The summed E-state index contributed by atoms with van der Waals surface area (Å²) in [5.74, 6) is -3.43. The summed E-state index contributed by atoms with van der Waals surface area (Å²) in [7, 11) is 0. The molecule has 2 aromatic rings. The number of nitrogens with two attached hydrogens (primary N) is 1. The Balaban J connectivity index is 2.28. The van der Waals surface area contributed by atoms with E-state index < -0.39 is 40.5 Å². The quantitative estimate of drug-likeness (QED) is 0.335. The Labute approximate surface area is 177 Å². The molecule has 0 aromatic heterocycles. The number of nitro groups is 1. The van der Waals surface area contributed by atoms with Gasteiger partial charge in [-0.25, -0.2) is 4.39 Å². The third-order valence-corrected chi connectivity index (χ3v) is 4.53. The van der Waals surface area contributed by atoms with Crippen LogP contribution in [0.3, 0.4) is 0 Å². The van der Waals surface area contributed by atoms with Gasteiger partial charge in [-0.2, -0.15) is 0 Å². The molecule has 0 saturated carbocycles. The summed E-state index contributed by atoms with van der Waals surface area (Å²) in [4.78, 5) is 47.1. The highest BCUT2D eigenvalue weighted by atomic mass is 19.1. The number of carbonyl (C=O) groups excluding carboxylic acids is 3. The number of amides is 2. The summed E-state index contributed by atoms with van der Waals surface area (Å²) in [5, 5.41) is 13.4. The van der Waals surface area contributed by atoms with Crippen LogP contribution in [0.2, 0.25) is 0 Å². The van der Waals surface area contributed by atoms with Gasteiger partial charge in [0, 0.05) is 18.1 Å². The fourth-order valence-electron chi connectivity index (χ4n) is 3.05. The number of nitro benzene ring substituents is 1. The van der Waals surface area contributed by atoms with Gasteiger partial charge < -0.3 is 15.8 Å². The molecule has 2 aromatic carbocycles. The van der Waals surface area contributed by atoms with Crippen LogP contribution in [0.5, 0.6) is 0 Å². The summed E-state index contributed by atoms with van der Waals surface area (Å²) >= 11 is 0. The molecule has 0 aliphatic carbocycles. The summed E-state index contributed by atoms with van der Waals surface area (Å²) in [6.45, 7) is 1.73. The highest BCUT2D eigenvalue weighted by molar-refractivity contribution is 5.89. The molecule has 0 bridgehead atoms. The van der Waals surface area contributed by atoms with Crippen LogP contribution in [-0.4, -0.2) is 35.4 Å². The molecule has 3 N–H and O–H groups in total. The molecule has 0 unspecified atom stereocenters. The molecular weight excluding hydrogens is 409 g/mol. The minimum atomic E-state index is -1.28. The van der Waals surface area contributed by atoms with E-state index in [9.17, 15) is 28.9 Å². The monoisotopic (exact) mass is 431 g/mol. The molecule has 2 atom stereocenters. The number of ether oxygens (including phenoxy) is 1. The molecule has 0 fully saturated rings. The topological polar surface area (TPSA) is 142 Å². The van der Waals surface area contributed by atoms with Crippen LogP contribution in [0, 0.1) is 15.9 Å². The number of primary amides is 1. The lowest BCUT2D eigenvalue weighted by atomic mass is 9.87. The molecule has 2 rings (SSSR count). The van der Waals surface area contributed by atoms with E-state index in [1.807, 2.05) is 0 Å². The Morgan fingerprint density at radius 2 is 1.74 bits per heavy atom. The number of benzene rings is 2. The summed E-state index contributed by atoms with van der Waals surface area (Å²) in [6, 6.07) is 9.23. The Hall–Kier alpha value is -3.82. The van der Waals surface area contributed by atoms with Gasteiger partial charge in [0.2, 0.25) is 11.8 Å². The zero-order valence-corrected chi connectivity index (χ0v) is 16.7. The molecular formula is C21H22FN3O6. The van der Waals surface area contributed by atoms with Crippen molar-refractivity contribution in [3.8, 4) is 0 Å². The van der Waals surface area contributed by atoms with Crippen molar-refractivity contribution >= 4 is 23.5 Å². The van der Waals surface area contributed by atoms with Crippen LogP contribution in [-0.2, 0) is 25.5 Å². The van der Waals surface area contributed by atoms with Gasteiger partial charge in [0.25, 0.3) is 5.69 Å². The average Bonchev–Trinajstić information content (AvgIpc) is 2.72. The minimum absolute atomic E-state index is 0.115. The lowest BCUT2D eigenvalue weighted by Crippen LogP contribution is -2.49. The third-order valence-electron chi connectivity index (χ3n) is 4.53. The molecule has 164 valence electrons. The maximum atomic E-state index is 13.0. The summed E-state index contributed by atoms with van der Waals surface area (Å²) in [6.07, 6.45) is -0.424. The molecule has 0 aliphatic rings. The third kappa shape index (κ3) is 6.88. The molecule has 31 heavy (non-hydrogen) atoms. The van der Waals surface area contributed by atoms with Crippen molar-refractivity contribution in [1.29, 1.82) is 0 Å². The van der Waals surface area contributed by atoms with Gasteiger partial charge in [0.1, 0.15) is 11.9 Å². The molecule has 0 saturated heterocycles. The first kappa shape index (κ1) is 23.5. The Kier molecular flexibility index (Phi) is 8.18. The SMILES string of the molecule is CCOC(=O)C[C@H](c1ccc([N+](=O)[O-])cc1)[C@@H](NC(=O)Cc1ccc(F)cc1)C(N)=O. The molecule has 9 nitrogen and oxygen atoms in total. The molecule has 0 radical (unpaired) electrons. The van der Waals surface area contributed by atoms with Gasteiger partial charge >= 0.3 is 5.97 Å². The summed E-state index contributed by atoms with van der Waals surface area (Å²) < 4.78 is 18.0. The number of carbonyl (C=O) groups is 3. The predicted octanol–water partition coefficient (Wildman–Crippen LogP) is 1.98.